The van der Waals surface area contributed by atoms with E-state index in [1.54, 1.807) is 11.8 Å². The average Bonchev–Trinajstić information content (AvgIpc) is 2.77. The van der Waals surface area contributed by atoms with Gasteiger partial charge in [0.25, 0.3) is 0 Å². The summed E-state index contributed by atoms with van der Waals surface area (Å²) in [5.41, 5.74) is 2.07. The maximum Gasteiger partial charge on any atom is 0.147 e. The zero-order chi connectivity index (χ0) is 13.0. The summed E-state index contributed by atoms with van der Waals surface area (Å²) < 4.78 is 5.59. The molecule has 2 rings (SSSR count). The van der Waals surface area contributed by atoms with Gasteiger partial charge in [-0.15, -0.1) is 0 Å². The van der Waals surface area contributed by atoms with Gasteiger partial charge in [-0.2, -0.15) is 11.8 Å². The molecule has 0 aromatic heterocycles. The molecule has 0 unspecified atom stereocenters. The van der Waals surface area contributed by atoms with Crippen molar-refractivity contribution in [3.63, 3.8) is 0 Å². The number of ketones is 1. The molecule has 1 aromatic carbocycles. The minimum absolute atomic E-state index is 0.244. The highest BCUT2D eigenvalue weighted by molar-refractivity contribution is 7.99. The summed E-state index contributed by atoms with van der Waals surface area (Å²) in [7, 11) is 0. The SMILES string of the molecule is CCCSCC(=O)Cc1cc(Cl)cc2c1OCC2. The van der Waals surface area contributed by atoms with Gasteiger partial charge < -0.3 is 4.74 Å². The van der Waals surface area contributed by atoms with E-state index in [0.717, 1.165) is 35.5 Å². The maximum absolute atomic E-state index is 11.9. The third kappa shape index (κ3) is 3.42. The first kappa shape index (κ1) is 13.8. The first-order valence-corrected chi connectivity index (χ1v) is 7.77. The number of ether oxygens (including phenoxy) is 1. The molecule has 0 atom stereocenters. The lowest BCUT2D eigenvalue weighted by Crippen LogP contribution is -2.07. The van der Waals surface area contributed by atoms with E-state index in [-0.39, 0.29) is 5.78 Å². The molecule has 2 nitrogen and oxygen atoms in total. The van der Waals surface area contributed by atoms with Gasteiger partial charge >= 0.3 is 0 Å². The van der Waals surface area contributed by atoms with Gasteiger partial charge in [-0.1, -0.05) is 18.5 Å². The summed E-state index contributed by atoms with van der Waals surface area (Å²) >= 11 is 7.76. The van der Waals surface area contributed by atoms with Crippen LogP contribution < -0.4 is 4.74 Å². The molecule has 98 valence electrons. The first-order chi connectivity index (χ1) is 8.70. The van der Waals surface area contributed by atoms with E-state index >= 15 is 0 Å². The van der Waals surface area contributed by atoms with Crippen LogP contribution in [0.2, 0.25) is 5.02 Å². The lowest BCUT2D eigenvalue weighted by molar-refractivity contribution is -0.116. The van der Waals surface area contributed by atoms with Crippen molar-refractivity contribution in [2.24, 2.45) is 0 Å². The molecule has 0 spiro atoms. The van der Waals surface area contributed by atoms with E-state index in [0.29, 0.717) is 23.8 Å². The summed E-state index contributed by atoms with van der Waals surface area (Å²) in [6, 6.07) is 3.79. The Balaban J connectivity index is 2.03. The largest absolute Gasteiger partial charge is 0.493 e. The van der Waals surface area contributed by atoms with E-state index in [1.165, 1.54) is 0 Å². The molecule has 0 radical (unpaired) electrons. The number of Topliss-reactive ketones (excluding diaryl/α,β-unsaturated/α-hetero) is 1. The normalized spacial score (nSPS) is 13.2. The summed E-state index contributed by atoms with van der Waals surface area (Å²) in [5, 5.41) is 0.697. The molecule has 0 saturated carbocycles. The molecular formula is C14H17ClO2S. The van der Waals surface area contributed by atoms with Crippen LogP contribution in [0.25, 0.3) is 0 Å². The maximum atomic E-state index is 11.9. The quantitative estimate of drug-likeness (QED) is 0.748. The molecule has 0 saturated heterocycles. The van der Waals surface area contributed by atoms with E-state index in [9.17, 15) is 4.79 Å². The van der Waals surface area contributed by atoms with E-state index in [2.05, 4.69) is 6.92 Å². The number of rotatable bonds is 6. The molecule has 4 heteroatoms. The number of carbonyl (C=O) groups is 1. The second kappa shape index (κ2) is 6.48. The van der Waals surface area contributed by atoms with E-state index in [1.807, 2.05) is 12.1 Å². The van der Waals surface area contributed by atoms with E-state index < -0.39 is 0 Å². The van der Waals surface area contributed by atoms with Crippen LogP contribution in [0.4, 0.5) is 0 Å². The molecule has 18 heavy (non-hydrogen) atoms. The van der Waals surface area contributed by atoms with Gasteiger partial charge in [0.1, 0.15) is 11.5 Å². The van der Waals surface area contributed by atoms with Gasteiger partial charge in [0.2, 0.25) is 0 Å². The zero-order valence-corrected chi connectivity index (χ0v) is 12.1. The second-order valence-corrected chi connectivity index (χ2v) is 5.96. The Labute approximate surface area is 117 Å². The van der Waals surface area contributed by atoms with Gasteiger partial charge in [-0.3, -0.25) is 4.79 Å². The molecule has 1 aliphatic heterocycles. The molecule has 1 heterocycles. The Morgan fingerprint density at radius 3 is 3.11 bits per heavy atom. The lowest BCUT2D eigenvalue weighted by Gasteiger charge is -2.08. The van der Waals surface area contributed by atoms with E-state index in [4.69, 9.17) is 16.3 Å². The Hall–Kier alpha value is -0.670. The minimum Gasteiger partial charge on any atom is -0.493 e. The molecule has 0 fully saturated rings. The summed E-state index contributed by atoms with van der Waals surface area (Å²) in [4.78, 5) is 11.9. The second-order valence-electron chi connectivity index (χ2n) is 4.42. The minimum atomic E-state index is 0.244. The number of carbonyl (C=O) groups excluding carboxylic acids is 1. The molecule has 1 aromatic rings. The van der Waals surface area contributed by atoms with Crippen LogP contribution in [0.3, 0.4) is 0 Å². The van der Waals surface area contributed by atoms with Crippen LogP contribution in [-0.2, 0) is 17.6 Å². The number of fused-ring (bicyclic) bond motifs is 1. The highest BCUT2D eigenvalue weighted by atomic mass is 35.5. The van der Waals surface area contributed by atoms with Crippen molar-refractivity contribution in [3.8, 4) is 5.75 Å². The van der Waals surface area contributed by atoms with Crippen molar-refractivity contribution in [1.82, 2.24) is 0 Å². The third-order valence-corrected chi connectivity index (χ3v) is 4.27. The highest BCUT2D eigenvalue weighted by Crippen LogP contribution is 2.33. The van der Waals surface area contributed by atoms with Crippen molar-refractivity contribution in [2.75, 3.05) is 18.1 Å². The Morgan fingerprint density at radius 2 is 2.33 bits per heavy atom. The van der Waals surface area contributed by atoms with Crippen molar-refractivity contribution in [2.45, 2.75) is 26.2 Å². The summed E-state index contributed by atoms with van der Waals surface area (Å²) in [6.45, 7) is 2.82. The summed E-state index contributed by atoms with van der Waals surface area (Å²) in [6.07, 6.45) is 2.43. The van der Waals surface area contributed by atoms with Crippen LogP contribution in [-0.4, -0.2) is 23.9 Å². The molecule has 0 aliphatic carbocycles. The molecule has 0 N–H and O–H groups in total. The van der Waals surface area contributed by atoms with Crippen molar-refractivity contribution < 1.29 is 9.53 Å². The van der Waals surface area contributed by atoms with Crippen LogP contribution in [0.1, 0.15) is 24.5 Å². The topological polar surface area (TPSA) is 26.3 Å². The van der Waals surface area contributed by atoms with Crippen molar-refractivity contribution >= 4 is 29.1 Å². The number of thioether (sulfide) groups is 1. The third-order valence-electron chi connectivity index (χ3n) is 2.82. The van der Waals surface area contributed by atoms with Crippen molar-refractivity contribution in [3.05, 3.63) is 28.3 Å². The Bertz CT molecular complexity index is 446. The van der Waals surface area contributed by atoms with Gasteiger partial charge in [0.05, 0.1) is 12.4 Å². The monoisotopic (exact) mass is 284 g/mol. The lowest BCUT2D eigenvalue weighted by atomic mass is 10.0. The number of halogens is 1. The highest BCUT2D eigenvalue weighted by Gasteiger charge is 2.19. The number of benzene rings is 1. The molecular weight excluding hydrogens is 268 g/mol. The van der Waals surface area contributed by atoms with Crippen LogP contribution in [0.5, 0.6) is 5.75 Å². The molecule has 0 bridgehead atoms. The smallest absolute Gasteiger partial charge is 0.147 e. The standard InChI is InChI=1S/C14H17ClO2S/c1-2-5-18-9-13(16)8-11-7-12(15)6-10-3-4-17-14(10)11/h6-7H,2-5,8-9H2,1H3. The summed E-state index contributed by atoms with van der Waals surface area (Å²) in [5.74, 6) is 2.74. The van der Waals surface area contributed by atoms with Crippen LogP contribution in [0.15, 0.2) is 12.1 Å². The van der Waals surface area contributed by atoms with Crippen LogP contribution in [0, 0.1) is 0 Å². The average molecular weight is 285 g/mol. The first-order valence-electron chi connectivity index (χ1n) is 6.24. The molecule has 1 aliphatic rings. The Morgan fingerprint density at radius 1 is 1.50 bits per heavy atom. The number of hydrogen-bond acceptors (Lipinski definition) is 3. The fourth-order valence-corrected chi connectivity index (χ4v) is 3.10. The van der Waals surface area contributed by atoms with Crippen LogP contribution >= 0.6 is 23.4 Å². The molecule has 0 amide bonds. The predicted molar refractivity (Wildman–Crippen MR) is 77.0 cm³/mol. The Kier molecular flexibility index (Phi) is 4.95. The predicted octanol–water partition coefficient (Wildman–Crippen LogP) is 3.53. The number of hydrogen-bond donors (Lipinski definition) is 0. The van der Waals surface area contributed by atoms with Gasteiger partial charge in [-0.25, -0.2) is 0 Å². The van der Waals surface area contributed by atoms with Crippen molar-refractivity contribution in [1.29, 1.82) is 0 Å². The zero-order valence-electron chi connectivity index (χ0n) is 10.5. The fraction of sp³-hybridized carbons (Fsp3) is 0.500. The van der Waals surface area contributed by atoms with Gasteiger partial charge in [0, 0.05) is 23.4 Å². The fourth-order valence-electron chi connectivity index (χ4n) is 2.07. The van der Waals surface area contributed by atoms with Gasteiger partial charge in [-0.05, 0) is 29.9 Å². The van der Waals surface area contributed by atoms with Gasteiger partial charge in [0.15, 0.2) is 0 Å².